The summed E-state index contributed by atoms with van der Waals surface area (Å²) in [5.74, 6) is -0.0530. The first kappa shape index (κ1) is 18.5. The van der Waals surface area contributed by atoms with E-state index >= 15 is 0 Å². The Morgan fingerprint density at radius 2 is 1.71 bits per heavy atom. The monoisotopic (exact) mass is 365 g/mol. The second-order valence-electron chi connectivity index (χ2n) is 5.79. The summed E-state index contributed by atoms with van der Waals surface area (Å²) in [6.07, 6.45) is 1.40. The molecular weight excluding hydrogens is 346 g/mol. The van der Waals surface area contributed by atoms with Crippen LogP contribution in [0.15, 0.2) is 53.4 Å². The number of sulfone groups is 1. The molecule has 0 saturated heterocycles. The lowest BCUT2D eigenvalue weighted by Crippen LogP contribution is -2.31. The average Bonchev–Trinajstić information content (AvgIpc) is 2.55. The fourth-order valence-electron chi connectivity index (χ4n) is 2.36. The third-order valence-electron chi connectivity index (χ3n) is 4.06. The van der Waals surface area contributed by atoms with Crippen LogP contribution in [0, 0.1) is 0 Å². The predicted molar refractivity (Wildman–Crippen MR) is 95.9 cm³/mol. The number of carbonyl (C=O) groups is 1. The standard InChI is InChI=1S/C18H20ClNO3S/c1-13(14-8-10-16(11-9-14)24(3,22)23)20(2)18(21)12-15-6-4-5-7-17(15)19/h4-11,13H,12H2,1-3H3/t13-/m0/s1. The second-order valence-corrected chi connectivity index (χ2v) is 8.21. The molecular formula is C18H20ClNO3S. The van der Waals surface area contributed by atoms with Gasteiger partial charge in [0.1, 0.15) is 0 Å². The van der Waals surface area contributed by atoms with Gasteiger partial charge in [-0.05, 0) is 36.2 Å². The van der Waals surface area contributed by atoms with Gasteiger partial charge in [0.15, 0.2) is 9.84 Å². The van der Waals surface area contributed by atoms with Gasteiger partial charge in [0.05, 0.1) is 17.4 Å². The van der Waals surface area contributed by atoms with E-state index in [1.54, 1.807) is 42.3 Å². The fourth-order valence-corrected chi connectivity index (χ4v) is 3.20. The van der Waals surface area contributed by atoms with E-state index in [4.69, 9.17) is 11.6 Å². The number of hydrogen-bond acceptors (Lipinski definition) is 3. The highest BCUT2D eigenvalue weighted by Gasteiger charge is 2.19. The van der Waals surface area contributed by atoms with Crippen molar-refractivity contribution in [2.24, 2.45) is 0 Å². The molecule has 4 nitrogen and oxygen atoms in total. The van der Waals surface area contributed by atoms with Crippen LogP contribution in [0.5, 0.6) is 0 Å². The number of rotatable bonds is 5. The van der Waals surface area contributed by atoms with Gasteiger partial charge in [-0.25, -0.2) is 8.42 Å². The smallest absolute Gasteiger partial charge is 0.227 e. The van der Waals surface area contributed by atoms with Crippen LogP contribution < -0.4 is 0 Å². The molecule has 0 aliphatic heterocycles. The highest BCUT2D eigenvalue weighted by Crippen LogP contribution is 2.23. The van der Waals surface area contributed by atoms with Crippen LogP contribution in [-0.2, 0) is 21.1 Å². The predicted octanol–water partition coefficient (Wildman–Crippen LogP) is 3.51. The van der Waals surface area contributed by atoms with Crippen molar-refractivity contribution in [1.82, 2.24) is 4.90 Å². The molecule has 2 aromatic carbocycles. The summed E-state index contributed by atoms with van der Waals surface area (Å²) < 4.78 is 23.0. The van der Waals surface area contributed by atoms with E-state index < -0.39 is 9.84 Å². The largest absolute Gasteiger partial charge is 0.339 e. The minimum Gasteiger partial charge on any atom is -0.339 e. The normalized spacial score (nSPS) is 12.7. The molecule has 0 heterocycles. The molecule has 24 heavy (non-hydrogen) atoms. The number of benzene rings is 2. The Labute approximate surface area is 148 Å². The molecule has 0 aliphatic carbocycles. The first-order valence-electron chi connectivity index (χ1n) is 7.49. The van der Waals surface area contributed by atoms with Gasteiger partial charge in [-0.2, -0.15) is 0 Å². The molecule has 0 aromatic heterocycles. The molecule has 0 fully saturated rings. The summed E-state index contributed by atoms with van der Waals surface area (Å²) in [6, 6.07) is 13.7. The van der Waals surface area contributed by atoms with Gasteiger partial charge in [-0.15, -0.1) is 0 Å². The highest BCUT2D eigenvalue weighted by molar-refractivity contribution is 7.90. The number of amides is 1. The van der Waals surface area contributed by atoms with Gasteiger partial charge in [0.25, 0.3) is 0 Å². The van der Waals surface area contributed by atoms with Gasteiger partial charge in [-0.1, -0.05) is 41.9 Å². The van der Waals surface area contributed by atoms with Crippen molar-refractivity contribution in [3.63, 3.8) is 0 Å². The van der Waals surface area contributed by atoms with Crippen LogP contribution in [0.1, 0.15) is 24.1 Å². The molecule has 1 atom stereocenters. The first-order valence-corrected chi connectivity index (χ1v) is 9.76. The maximum Gasteiger partial charge on any atom is 0.227 e. The molecule has 128 valence electrons. The zero-order valence-electron chi connectivity index (χ0n) is 13.9. The minimum absolute atomic E-state index is 0.0530. The van der Waals surface area contributed by atoms with Crippen molar-refractivity contribution in [3.05, 3.63) is 64.7 Å². The Morgan fingerprint density at radius 1 is 1.12 bits per heavy atom. The Kier molecular flexibility index (Phi) is 5.67. The number of likely N-dealkylation sites (N-methyl/N-ethyl adjacent to an activating group) is 1. The lowest BCUT2D eigenvalue weighted by molar-refractivity contribution is -0.131. The van der Waals surface area contributed by atoms with Crippen LogP contribution in [0.2, 0.25) is 5.02 Å². The van der Waals surface area contributed by atoms with Gasteiger partial charge >= 0.3 is 0 Å². The van der Waals surface area contributed by atoms with Gasteiger partial charge in [0.2, 0.25) is 5.91 Å². The lowest BCUT2D eigenvalue weighted by Gasteiger charge is -2.25. The number of hydrogen-bond donors (Lipinski definition) is 0. The Balaban J connectivity index is 2.12. The Bertz CT molecular complexity index is 832. The summed E-state index contributed by atoms with van der Waals surface area (Å²) in [5.41, 5.74) is 1.66. The quantitative estimate of drug-likeness (QED) is 0.814. The van der Waals surface area contributed by atoms with Crippen LogP contribution in [0.4, 0.5) is 0 Å². The van der Waals surface area contributed by atoms with E-state index in [1.807, 2.05) is 25.1 Å². The Hall–Kier alpha value is -1.85. The summed E-state index contributed by atoms with van der Waals surface area (Å²) in [7, 11) is -1.49. The van der Waals surface area contributed by atoms with Crippen molar-refractivity contribution in [3.8, 4) is 0 Å². The van der Waals surface area contributed by atoms with Crippen molar-refractivity contribution < 1.29 is 13.2 Å². The van der Waals surface area contributed by atoms with E-state index in [0.717, 1.165) is 11.1 Å². The summed E-state index contributed by atoms with van der Waals surface area (Å²) in [5, 5.41) is 0.574. The molecule has 2 aromatic rings. The van der Waals surface area contributed by atoms with Gasteiger partial charge in [-0.3, -0.25) is 4.79 Å². The van der Waals surface area contributed by atoms with E-state index in [0.29, 0.717) is 5.02 Å². The van der Waals surface area contributed by atoms with Crippen LogP contribution in [-0.4, -0.2) is 32.5 Å². The maximum absolute atomic E-state index is 12.5. The van der Waals surface area contributed by atoms with Crippen LogP contribution in [0.3, 0.4) is 0 Å². The van der Waals surface area contributed by atoms with E-state index in [2.05, 4.69) is 0 Å². The van der Waals surface area contributed by atoms with Gasteiger partial charge < -0.3 is 4.90 Å². The zero-order valence-corrected chi connectivity index (χ0v) is 15.4. The van der Waals surface area contributed by atoms with Crippen molar-refractivity contribution in [1.29, 1.82) is 0 Å². The second kappa shape index (κ2) is 7.36. The minimum atomic E-state index is -3.22. The zero-order chi connectivity index (χ0) is 17.9. The third kappa shape index (κ3) is 4.36. The molecule has 6 heteroatoms. The molecule has 0 unspecified atom stereocenters. The highest BCUT2D eigenvalue weighted by atomic mass is 35.5. The molecule has 0 bridgehead atoms. The van der Waals surface area contributed by atoms with Crippen molar-refractivity contribution in [2.45, 2.75) is 24.3 Å². The van der Waals surface area contributed by atoms with Crippen LogP contribution >= 0.6 is 11.6 Å². The molecule has 0 N–H and O–H groups in total. The Morgan fingerprint density at radius 3 is 2.25 bits per heavy atom. The van der Waals surface area contributed by atoms with Crippen LogP contribution in [0.25, 0.3) is 0 Å². The van der Waals surface area contributed by atoms with E-state index in [-0.39, 0.29) is 23.3 Å². The molecule has 2 rings (SSSR count). The summed E-state index contributed by atoms with van der Waals surface area (Å²) in [4.78, 5) is 14.4. The summed E-state index contributed by atoms with van der Waals surface area (Å²) >= 11 is 6.10. The van der Waals surface area contributed by atoms with Gasteiger partial charge in [0, 0.05) is 18.3 Å². The van der Waals surface area contributed by atoms with Crippen molar-refractivity contribution in [2.75, 3.05) is 13.3 Å². The lowest BCUT2D eigenvalue weighted by atomic mass is 10.1. The van der Waals surface area contributed by atoms with E-state index in [1.165, 1.54) is 6.26 Å². The third-order valence-corrected chi connectivity index (χ3v) is 5.56. The number of nitrogens with zero attached hydrogens (tertiary/aromatic N) is 1. The SMILES string of the molecule is C[C@@H](c1ccc(S(C)(=O)=O)cc1)N(C)C(=O)Cc1ccccc1Cl. The van der Waals surface area contributed by atoms with E-state index in [9.17, 15) is 13.2 Å². The molecule has 0 spiro atoms. The molecule has 0 aliphatic rings. The summed E-state index contributed by atoms with van der Waals surface area (Å²) in [6.45, 7) is 1.90. The fraction of sp³-hybridized carbons (Fsp3) is 0.278. The molecule has 1 amide bonds. The number of halogens is 1. The number of carbonyl (C=O) groups excluding carboxylic acids is 1. The van der Waals surface area contributed by atoms with Crippen molar-refractivity contribution >= 4 is 27.3 Å². The average molecular weight is 366 g/mol. The molecule has 0 radical (unpaired) electrons. The molecule has 0 saturated carbocycles. The maximum atomic E-state index is 12.5. The first-order chi connectivity index (χ1) is 11.2. The topological polar surface area (TPSA) is 54.5 Å².